The molecule has 2 aromatic heterocycles. The van der Waals surface area contributed by atoms with Gasteiger partial charge in [0.25, 0.3) is 5.91 Å². The number of ketones is 1. The minimum atomic E-state index is -0.657. The van der Waals surface area contributed by atoms with Gasteiger partial charge in [-0.2, -0.15) is 4.98 Å². The van der Waals surface area contributed by atoms with E-state index in [2.05, 4.69) is 14.7 Å². The molecule has 1 fully saturated rings. The highest BCUT2D eigenvalue weighted by molar-refractivity contribution is 6.05. The lowest BCUT2D eigenvalue weighted by atomic mass is 10.1. The first-order valence-corrected chi connectivity index (χ1v) is 10.8. The van der Waals surface area contributed by atoms with Crippen molar-refractivity contribution in [1.29, 1.82) is 0 Å². The number of nitro groups is 1. The Morgan fingerprint density at radius 1 is 1.08 bits per heavy atom. The average Bonchev–Trinajstić information content (AvgIpc) is 3.43. The van der Waals surface area contributed by atoms with Crippen molar-refractivity contribution in [2.24, 2.45) is 0 Å². The average molecular weight is 495 g/mol. The molecular weight excluding hydrogens is 474 g/mol. The van der Waals surface area contributed by atoms with Gasteiger partial charge in [-0.25, -0.2) is 4.98 Å². The molecule has 3 heterocycles. The number of furan rings is 1. The van der Waals surface area contributed by atoms with E-state index < -0.39 is 28.8 Å². The lowest BCUT2D eigenvalue weighted by Gasteiger charge is -2.34. The molecule has 186 valence electrons. The maximum Gasteiger partial charge on any atom is 0.373 e. The minimum absolute atomic E-state index is 0.0694. The smallest absolute Gasteiger partial charge is 0.373 e. The van der Waals surface area contributed by atoms with Crippen LogP contribution in [0.1, 0.15) is 27.3 Å². The van der Waals surface area contributed by atoms with E-state index in [4.69, 9.17) is 9.15 Å². The van der Waals surface area contributed by atoms with Crippen LogP contribution >= 0.6 is 0 Å². The van der Waals surface area contributed by atoms with Gasteiger partial charge in [0.05, 0.1) is 18.3 Å². The number of aromatic nitrogens is 2. The number of anilines is 1. The number of benzene rings is 1. The molecule has 1 aliphatic heterocycles. The SMILES string of the molecule is COC(=O)CC(=O)c1ccc(Oc2ncnc(N3CCN(C(=O)c4ccco4)CC3)c2[N+](=O)[O-])cc1. The topological polar surface area (TPSA) is 158 Å². The highest BCUT2D eigenvalue weighted by Crippen LogP contribution is 2.36. The van der Waals surface area contributed by atoms with E-state index in [-0.39, 0.29) is 34.7 Å². The van der Waals surface area contributed by atoms with Gasteiger partial charge in [-0.05, 0) is 36.4 Å². The second kappa shape index (κ2) is 10.6. The maximum absolute atomic E-state index is 12.5. The summed E-state index contributed by atoms with van der Waals surface area (Å²) >= 11 is 0. The van der Waals surface area contributed by atoms with Crippen LogP contribution < -0.4 is 9.64 Å². The number of esters is 1. The number of hydrogen-bond donors (Lipinski definition) is 0. The summed E-state index contributed by atoms with van der Waals surface area (Å²) in [7, 11) is 1.19. The van der Waals surface area contributed by atoms with Gasteiger partial charge in [0.2, 0.25) is 5.82 Å². The lowest BCUT2D eigenvalue weighted by Crippen LogP contribution is -2.49. The Hall–Kier alpha value is -4.81. The van der Waals surface area contributed by atoms with Crippen molar-refractivity contribution in [2.45, 2.75) is 6.42 Å². The molecule has 0 spiro atoms. The normalized spacial score (nSPS) is 13.2. The summed E-state index contributed by atoms with van der Waals surface area (Å²) in [6.07, 6.45) is 2.17. The molecule has 0 saturated carbocycles. The first-order valence-electron chi connectivity index (χ1n) is 10.8. The third-order valence-electron chi connectivity index (χ3n) is 5.47. The summed E-state index contributed by atoms with van der Waals surface area (Å²) < 4.78 is 15.3. The van der Waals surface area contributed by atoms with Gasteiger partial charge in [-0.3, -0.25) is 24.5 Å². The largest absolute Gasteiger partial charge is 0.469 e. The molecule has 3 aromatic rings. The number of piperazine rings is 1. The molecule has 1 aliphatic rings. The summed E-state index contributed by atoms with van der Waals surface area (Å²) in [5.74, 6) is -1.12. The van der Waals surface area contributed by atoms with Gasteiger partial charge < -0.3 is 23.7 Å². The number of methoxy groups -OCH3 is 1. The highest BCUT2D eigenvalue weighted by atomic mass is 16.6. The molecule has 4 rings (SSSR count). The van der Waals surface area contributed by atoms with Crippen LogP contribution in [-0.2, 0) is 9.53 Å². The van der Waals surface area contributed by atoms with Gasteiger partial charge in [0.15, 0.2) is 11.5 Å². The van der Waals surface area contributed by atoms with Gasteiger partial charge in [0.1, 0.15) is 18.5 Å². The lowest BCUT2D eigenvalue weighted by molar-refractivity contribution is -0.385. The quantitative estimate of drug-likeness (QED) is 0.149. The van der Waals surface area contributed by atoms with E-state index in [0.29, 0.717) is 26.2 Å². The Morgan fingerprint density at radius 3 is 2.42 bits per heavy atom. The van der Waals surface area contributed by atoms with Gasteiger partial charge >= 0.3 is 17.5 Å². The fourth-order valence-electron chi connectivity index (χ4n) is 3.62. The molecule has 0 atom stereocenters. The molecule has 1 aromatic carbocycles. The third kappa shape index (κ3) is 5.29. The Kier molecular flexibility index (Phi) is 7.18. The van der Waals surface area contributed by atoms with Crippen molar-refractivity contribution in [1.82, 2.24) is 14.9 Å². The van der Waals surface area contributed by atoms with E-state index >= 15 is 0 Å². The number of nitrogens with zero attached hydrogens (tertiary/aromatic N) is 5. The van der Waals surface area contributed by atoms with Crippen LogP contribution in [0.4, 0.5) is 11.5 Å². The van der Waals surface area contributed by atoms with Gasteiger partial charge in [-0.1, -0.05) is 0 Å². The van der Waals surface area contributed by atoms with Gasteiger partial charge in [0, 0.05) is 31.7 Å². The first kappa shape index (κ1) is 24.3. The number of rotatable bonds is 8. The Morgan fingerprint density at radius 2 is 1.81 bits per heavy atom. The molecule has 0 radical (unpaired) electrons. The number of hydrogen-bond acceptors (Lipinski definition) is 11. The van der Waals surface area contributed by atoms with Crippen LogP contribution in [0.25, 0.3) is 0 Å². The zero-order chi connectivity index (χ0) is 25.7. The summed E-state index contributed by atoms with van der Waals surface area (Å²) in [4.78, 5) is 58.5. The van der Waals surface area contributed by atoms with E-state index in [0.717, 1.165) is 6.33 Å². The molecule has 0 aliphatic carbocycles. The second-order valence-electron chi connectivity index (χ2n) is 7.67. The number of Topliss-reactive ketones (excluding diaryl/α,β-unsaturated/α-hetero) is 1. The van der Waals surface area contributed by atoms with Crippen LogP contribution in [0.2, 0.25) is 0 Å². The zero-order valence-corrected chi connectivity index (χ0v) is 19.2. The molecule has 0 unspecified atom stereocenters. The van der Waals surface area contributed by atoms with E-state index in [1.807, 2.05) is 0 Å². The molecule has 13 nitrogen and oxygen atoms in total. The number of carbonyl (C=O) groups is 3. The maximum atomic E-state index is 12.5. The molecule has 0 bridgehead atoms. The monoisotopic (exact) mass is 495 g/mol. The molecular formula is C23H21N5O8. The van der Waals surface area contributed by atoms with Crippen LogP contribution in [0.3, 0.4) is 0 Å². The molecule has 1 saturated heterocycles. The van der Waals surface area contributed by atoms with Crippen molar-refractivity contribution < 1.29 is 33.2 Å². The predicted octanol–water partition coefficient (Wildman–Crippen LogP) is 2.48. The summed E-state index contributed by atoms with van der Waals surface area (Å²) in [5.41, 5.74) is -0.165. The zero-order valence-electron chi connectivity index (χ0n) is 19.2. The van der Waals surface area contributed by atoms with E-state index in [1.54, 1.807) is 21.9 Å². The van der Waals surface area contributed by atoms with Crippen molar-refractivity contribution in [3.63, 3.8) is 0 Å². The summed E-state index contributed by atoms with van der Waals surface area (Å²) in [5, 5.41) is 11.9. The van der Waals surface area contributed by atoms with Crippen molar-refractivity contribution >= 4 is 29.2 Å². The second-order valence-corrected chi connectivity index (χ2v) is 7.67. The summed E-state index contributed by atoms with van der Waals surface area (Å²) in [6.45, 7) is 1.25. The molecule has 36 heavy (non-hydrogen) atoms. The fraction of sp³-hybridized carbons (Fsp3) is 0.261. The highest BCUT2D eigenvalue weighted by Gasteiger charge is 2.32. The van der Waals surface area contributed by atoms with Gasteiger partial charge in [-0.15, -0.1) is 0 Å². The molecule has 13 heteroatoms. The van der Waals surface area contributed by atoms with Crippen LogP contribution in [0, 0.1) is 10.1 Å². The predicted molar refractivity (Wildman–Crippen MR) is 123 cm³/mol. The summed E-state index contributed by atoms with van der Waals surface area (Å²) in [6, 6.07) is 8.95. The molecule has 1 amide bonds. The fourth-order valence-corrected chi connectivity index (χ4v) is 3.62. The minimum Gasteiger partial charge on any atom is -0.469 e. The van der Waals surface area contributed by atoms with Crippen molar-refractivity contribution in [2.75, 3.05) is 38.2 Å². The van der Waals surface area contributed by atoms with Crippen molar-refractivity contribution in [3.05, 3.63) is 70.4 Å². The molecule has 0 N–H and O–H groups in total. The van der Waals surface area contributed by atoms with E-state index in [9.17, 15) is 24.5 Å². The number of carbonyl (C=O) groups excluding carboxylic acids is 3. The van der Waals surface area contributed by atoms with Crippen molar-refractivity contribution in [3.8, 4) is 11.6 Å². The number of ether oxygens (including phenoxy) is 2. The Balaban J connectivity index is 1.48. The Labute approximate surface area is 204 Å². The standard InChI is InChI=1S/C23H21N5O8/c1-34-19(30)13-17(29)15-4-6-16(7-5-15)36-22-20(28(32)33)21(24-14-25-22)26-8-10-27(11-9-26)23(31)18-3-2-12-35-18/h2-7,12,14H,8-11,13H2,1H3. The number of amides is 1. The van der Waals surface area contributed by atoms with Crippen LogP contribution in [0.5, 0.6) is 11.6 Å². The Bertz CT molecular complexity index is 1270. The third-order valence-corrected chi connectivity index (χ3v) is 5.47. The van der Waals surface area contributed by atoms with Crippen LogP contribution in [0.15, 0.2) is 53.4 Å². The van der Waals surface area contributed by atoms with Crippen LogP contribution in [-0.4, -0.2) is 70.7 Å². The first-order chi connectivity index (χ1) is 17.4. The van der Waals surface area contributed by atoms with E-state index in [1.165, 1.54) is 37.6 Å².